The van der Waals surface area contributed by atoms with Crippen LogP contribution in [0.2, 0.25) is 0 Å². The summed E-state index contributed by atoms with van der Waals surface area (Å²) in [7, 11) is 0. The number of pyridine rings is 3. The molecule has 0 aliphatic carbocycles. The number of aromatic nitrogens is 7. The molecule has 0 amide bonds. The molecule has 0 saturated carbocycles. The Bertz CT molecular complexity index is 1760. The molecule has 5 heterocycles. The molecular formula is C30H29FN8. The van der Waals surface area contributed by atoms with E-state index in [0.717, 1.165) is 44.4 Å². The van der Waals surface area contributed by atoms with Crippen LogP contribution in [0, 0.1) is 5.82 Å². The van der Waals surface area contributed by atoms with Gasteiger partial charge in [0.1, 0.15) is 11.5 Å². The number of nitrogens with one attached hydrogen (secondary N) is 2. The number of nitrogens with zero attached hydrogens (tertiary/aromatic N) is 6. The minimum atomic E-state index is -0.281. The summed E-state index contributed by atoms with van der Waals surface area (Å²) in [5.41, 5.74) is 7.07. The van der Waals surface area contributed by atoms with Gasteiger partial charge >= 0.3 is 0 Å². The summed E-state index contributed by atoms with van der Waals surface area (Å²) in [4.78, 5) is 23.8. The van der Waals surface area contributed by atoms with Crippen molar-refractivity contribution >= 4 is 22.1 Å². The van der Waals surface area contributed by atoms with Crippen LogP contribution < -0.4 is 0 Å². The van der Waals surface area contributed by atoms with Crippen LogP contribution in [-0.4, -0.2) is 52.1 Å². The van der Waals surface area contributed by atoms with E-state index in [1.165, 1.54) is 0 Å². The topological polar surface area (TPSA) is 99.3 Å². The number of rotatable bonds is 7. The number of benzene rings is 1. The van der Waals surface area contributed by atoms with E-state index in [9.17, 15) is 4.39 Å². The van der Waals surface area contributed by atoms with Gasteiger partial charge in [-0.25, -0.2) is 14.4 Å². The Morgan fingerprint density at radius 1 is 0.897 bits per heavy atom. The SMILES string of the molecule is CC(C)N(Cc1cc(F)cc(-c2cncc3[nH]c(-c4[nH]nc5ncc(-c6cccnc6)cc45)nc23)c1)C(C)C. The third-order valence-electron chi connectivity index (χ3n) is 7.00. The molecule has 2 N–H and O–H groups in total. The molecule has 196 valence electrons. The predicted octanol–water partition coefficient (Wildman–Crippen LogP) is 6.38. The zero-order valence-corrected chi connectivity index (χ0v) is 22.3. The largest absolute Gasteiger partial charge is 0.335 e. The van der Waals surface area contributed by atoms with Crippen molar-refractivity contribution < 1.29 is 4.39 Å². The molecule has 0 spiro atoms. The Kier molecular flexibility index (Phi) is 6.36. The maximum Gasteiger partial charge on any atom is 0.181 e. The molecule has 0 fully saturated rings. The van der Waals surface area contributed by atoms with Crippen LogP contribution in [0.1, 0.15) is 33.3 Å². The van der Waals surface area contributed by atoms with E-state index in [1.54, 1.807) is 43.1 Å². The first kappa shape index (κ1) is 24.8. The molecule has 0 bridgehead atoms. The summed E-state index contributed by atoms with van der Waals surface area (Å²) in [5, 5.41) is 8.29. The standard InChI is InChI=1S/C30H29FN8/c1-17(2)39(18(3)4)16-19-8-21(10-23(31)9-19)25-14-33-15-26-27(25)36-30(35-26)28-24-11-22(13-34-29(24)38-37-28)20-6-5-7-32-12-20/h5-15,17-18H,16H2,1-4H3,(H,35,36)(H,34,37,38). The van der Waals surface area contributed by atoms with Gasteiger partial charge in [0.2, 0.25) is 0 Å². The number of H-pyrrole nitrogens is 2. The molecule has 0 unspecified atom stereocenters. The molecule has 0 atom stereocenters. The summed E-state index contributed by atoms with van der Waals surface area (Å²) >= 11 is 0. The molecule has 6 aromatic rings. The van der Waals surface area contributed by atoms with Crippen LogP contribution in [0.5, 0.6) is 0 Å². The van der Waals surface area contributed by atoms with Gasteiger partial charge in [0.25, 0.3) is 0 Å². The highest BCUT2D eigenvalue weighted by Crippen LogP contribution is 2.33. The minimum Gasteiger partial charge on any atom is -0.335 e. The molecule has 5 aromatic heterocycles. The van der Waals surface area contributed by atoms with Gasteiger partial charge in [-0.15, -0.1) is 0 Å². The lowest BCUT2D eigenvalue weighted by atomic mass is 10.0. The van der Waals surface area contributed by atoms with Gasteiger partial charge in [0, 0.05) is 60.1 Å². The Hall–Kier alpha value is -4.50. The Morgan fingerprint density at radius 2 is 1.74 bits per heavy atom. The normalized spacial score (nSPS) is 12.0. The van der Waals surface area contributed by atoms with Crippen LogP contribution in [0.3, 0.4) is 0 Å². The molecule has 0 radical (unpaired) electrons. The minimum absolute atomic E-state index is 0.281. The van der Waals surface area contributed by atoms with E-state index in [2.05, 4.69) is 62.7 Å². The predicted molar refractivity (Wildman–Crippen MR) is 151 cm³/mol. The summed E-state index contributed by atoms with van der Waals surface area (Å²) in [6, 6.07) is 11.8. The lowest BCUT2D eigenvalue weighted by molar-refractivity contribution is 0.166. The third kappa shape index (κ3) is 4.77. The Labute approximate surface area is 225 Å². The van der Waals surface area contributed by atoms with Crippen LogP contribution >= 0.6 is 0 Å². The van der Waals surface area contributed by atoms with Crippen LogP contribution in [-0.2, 0) is 6.54 Å². The van der Waals surface area contributed by atoms with Crippen LogP contribution in [0.15, 0.2) is 67.4 Å². The van der Waals surface area contributed by atoms with Crippen LogP contribution in [0.25, 0.3) is 55.8 Å². The van der Waals surface area contributed by atoms with Gasteiger partial charge in [0.05, 0.1) is 22.6 Å². The van der Waals surface area contributed by atoms with E-state index >= 15 is 0 Å². The lowest BCUT2D eigenvalue weighted by Crippen LogP contribution is -2.36. The smallest absolute Gasteiger partial charge is 0.181 e. The number of aromatic amines is 2. The van der Waals surface area contributed by atoms with Gasteiger partial charge in [0.15, 0.2) is 11.5 Å². The van der Waals surface area contributed by atoms with E-state index < -0.39 is 0 Å². The van der Waals surface area contributed by atoms with Crippen molar-refractivity contribution in [2.75, 3.05) is 0 Å². The first-order valence-electron chi connectivity index (χ1n) is 13.0. The first-order chi connectivity index (χ1) is 18.9. The van der Waals surface area contributed by atoms with Gasteiger partial charge in [-0.05, 0) is 69.2 Å². The van der Waals surface area contributed by atoms with Crippen molar-refractivity contribution in [3.8, 4) is 33.8 Å². The molecule has 0 aliphatic rings. The van der Waals surface area contributed by atoms with E-state index in [-0.39, 0.29) is 5.82 Å². The summed E-state index contributed by atoms with van der Waals surface area (Å²) in [6.45, 7) is 9.28. The van der Waals surface area contributed by atoms with Gasteiger partial charge in [-0.1, -0.05) is 6.07 Å². The molecule has 6 rings (SSSR count). The Balaban J connectivity index is 1.42. The van der Waals surface area contributed by atoms with Crippen molar-refractivity contribution in [1.29, 1.82) is 0 Å². The fourth-order valence-electron chi connectivity index (χ4n) is 5.10. The zero-order valence-electron chi connectivity index (χ0n) is 22.3. The average molecular weight is 521 g/mol. The van der Waals surface area contributed by atoms with E-state index in [0.29, 0.717) is 35.6 Å². The highest BCUT2D eigenvalue weighted by Gasteiger charge is 2.18. The van der Waals surface area contributed by atoms with Crippen molar-refractivity contribution in [3.63, 3.8) is 0 Å². The van der Waals surface area contributed by atoms with Gasteiger partial charge < -0.3 is 4.98 Å². The van der Waals surface area contributed by atoms with Crippen molar-refractivity contribution in [2.45, 2.75) is 46.3 Å². The van der Waals surface area contributed by atoms with Gasteiger partial charge in [-0.3, -0.25) is 20.0 Å². The fraction of sp³-hybridized carbons (Fsp3) is 0.233. The quantitative estimate of drug-likeness (QED) is 0.253. The molecule has 8 nitrogen and oxygen atoms in total. The second-order valence-electron chi connectivity index (χ2n) is 10.3. The molecule has 1 aromatic carbocycles. The van der Waals surface area contributed by atoms with Gasteiger partial charge in [-0.2, -0.15) is 5.10 Å². The fourth-order valence-corrected chi connectivity index (χ4v) is 5.10. The monoisotopic (exact) mass is 520 g/mol. The molecule has 39 heavy (non-hydrogen) atoms. The first-order valence-corrected chi connectivity index (χ1v) is 13.0. The third-order valence-corrected chi connectivity index (χ3v) is 7.00. The second-order valence-corrected chi connectivity index (χ2v) is 10.3. The van der Waals surface area contributed by atoms with E-state index in [4.69, 9.17) is 4.98 Å². The summed E-state index contributed by atoms with van der Waals surface area (Å²) in [5.74, 6) is 0.325. The highest BCUT2D eigenvalue weighted by molar-refractivity contribution is 5.96. The van der Waals surface area contributed by atoms with E-state index in [1.807, 2.05) is 24.3 Å². The molecule has 9 heteroatoms. The number of halogens is 1. The van der Waals surface area contributed by atoms with Crippen molar-refractivity contribution in [1.82, 2.24) is 40.0 Å². The number of fused-ring (bicyclic) bond motifs is 2. The maximum absolute atomic E-state index is 14.9. The zero-order chi connectivity index (χ0) is 27.1. The summed E-state index contributed by atoms with van der Waals surface area (Å²) in [6.07, 6.45) is 8.79. The Morgan fingerprint density at radius 3 is 2.51 bits per heavy atom. The average Bonchev–Trinajstić information content (AvgIpc) is 3.55. The highest BCUT2D eigenvalue weighted by atomic mass is 19.1. The second kappa shape index (κ2) is 9.99. The molecular weight excluding hydrogens is 491 g/mol. The maximum atomic E-state index is 14.9. The molecule has 0 aliphatic heterocycles. The van der Waals surface area contributed by atoms with Crippen molar-refractivity contribution in [2.24, 2.45) is 0 Å². The number of hydrogen-bond acceptors (Lipinski definition) is 6. The van der Waals surface area contributed by atoms with Crippen molar-refractivity contribution in [3.05, 3.63) is 78.8 Å². The molecule has 0 saturated heterocycles. The van der Waals surface area contributed by atoms with Crippen LogP contribution in [0.4, 0.5) is 4.39 Å². The summed E-state index contributed by atoms with van der Waals surface area (Å²) < 4.78 is 14.9. The number of imidazole rings is 1. The number of hydrogen-bond donors (Lipinski definition) is 2. The lowest BCUT2D eigenvalue weighted by Gasteiger charge is -2.30.